The molecule has 0 aliphatic carbocycles. The summed E-state index contributed by atoms with van der Waals surface area (Å²) in [4.78, 5) is 22.2. The Morgan fingerprint density at radius 1 is 1.14 bits per heavy atom. The molecule has 0 heterocycles. The molecule has 0 unspecified atom stereocenters. The summed E-state index contributed by atoms with van der Waals surface area (Å²) in [6, 6.07) is 6.32. The lowest BCUT2D eigenvalue weighted by Crippen LogP contribution is -2.23. The quantitative estimate of drug-likeness (QED) is 0.386. The van der Waals surface area contributed by atoms with E-state index in [1.165, 1.54) is 13.2 Å². The molecule has 1 amide bonds. The van der Waals surface area contributed by atoms with Crippen LogP contribution in [0, 0.1) is 15.9 Å². The SMILES string of the molecule is COc1cc([N+](=O)[O-])ccc1NC(=O)CNc1cc(F)ccc1OCC(F)(F)F. The van der Waals surface area contributed by atoms with Gasteiger partial charge in [0.1, 0.15) is 17.3 Å². The van der Waals surface area contributed by atoms with E-state index in [1.54, 1.807) is 0 Å². The van der Waals surface area contributed by atoms with Crippen molar-refractivity contribution in [3.05, 3.63) is 52.3 Å². The molecule has 156 valence electrons. The second kappa shape index (κ2) is 9.08. The number of carbonyl (C=O) groups excluding carboxylic acids is 1. The number of halogens is 4. The maximum Gasteiger partial charge on any atom is 0.422 e. The summed E-state index contributed by atoms with van der Waals surface area (Å²) in [5.74, 6) is -1.66. The summed E-state index contributed by atoms with van der Waals surface area (Å²) < 4.78 is 60.0. The zero-order valence-corrected chi connectivity index (χ0v) is 14.9. The van der Waals surface area contributed by atoms with E-state index in [4.69, 9.17) is 4.74 Å². The van der Waals surface area contributed by atoms with Gasteiger partial charge < -0.3 is 20.1 Å². The highest BCUT2D eigenvalue weighted by Gasteiger charge is 2.29. The van der Waals surface area contributed by atoms with Gasteiger partial charge in [-0.15, -0.1) is 0 Å². The topological polar surface area (TPSA) is 103 Å². The lowest BCUT2D eigenvalue weighted by Gasteiger charge is -2.15. The number of nitro groups is 1. The Kier molecular flexibility index (Phi) is 6.80. The molecule has 2 aromatic rings. The molecule has 29 heavy (non-hydrogen) atoms. The molecule has 0 aromatic heterocycles. The molecule has 2 aromatic carbocycles. The van der Waals surface area contributed by atoms with Gasteiger partial charge in [-0.2, -0.15) is 13.2 Å². The lowest BCUT2D eigenvalue weighted by molar-refractivity contribution is -0.384. The molecule has 2 N–H and O–H groups in total. The number of methoxy groups -OCH3 is 1. The van der Waals surface area contributed by atoms with Crippen LogP contribution in [0.2, 0.25) is 0 Å². The van der Waals surface area contributed by atoms with E-state index in [9.17, 15) is 32.5 Å². The fraction of sp³-hybridized carbons (Fsp3) is 0.235. The van der Waals surface area contributed by atoms with Crippen molar-refractivity contribution >= 4 is 23.0 Å². The summed E-state index contributed by atoms with van der Waals surface area (Å²) in [6.45, 7) is -2.04. The average molecular weight is 417 g/mol. The van der Waals surface area contributed by atoms with Gasteiger partial charge in [-0.1, -0.05) is 0 Å². The molecular formula is C17H15F4N3O5. The van der Waals surface area contributed by atoms with Crippen LogP contribution in [0.4, 0.5) is 34.6 Å². The normalized spacial score (nSPS) is 10.9. The zero-order valence-electron chi connectivity index (χ0n) is 14.9. The monoisotopic (exact) mass is 417 g/mol. The third-order valence-electron chi connectivity index (χ3n) is 3.44. The van der Waals surface area contributed by atoms with Gasteiger partial charge in [0.15, 0.2) is 6.61 Å². The molecule has 0 spiro atoms. The second-order valence-electron chi connectivity index (χ2n) is 5.59. The number of benzene rings is 2. The summed E-state index contributed by atoms with van der Waals surface area (Å²) in [5.41, 5.74) is -0.262. The second-order valence-corrected chi connectivity index (χ2v) is 5.59. The summed E-state index contributed by atoms with van der Waals surface area (Å²) in [5, 5.41) is 15.7. The minimum atomic E-state index is -4.59. The average Bonchev–Trinajstić information content (AvgIpc) is 2.65. The first-order chi connectivity index (χ1) is 13.6. The lowest BCUT2D eigenvalue weighted by atomic mass is 10.2. The van der Waals surface area contributed by atoms with Crippen LogP contribution < -0.4 is 20.1 Å². The fourth-order valence-corrected chi connectivity index (χ4v) is 2.19. The predicted octanol–water partition coefficient (Wildman–Crippen LogP) is 3.73. The number of carbonyl (C=O) groups is 1. The van der Waals surface area contributed by atoms with Gasteiger partial charge in [-0.25, -0.2) is 4.39 Å². The van der Waals surface area contributed by atoms with Crippen molar-refractivity contribution in [2.24, 2.45) is 0 Å². The molecule has 0 aliphatic rings. The number of nitrogens with zero attached hydrogens (tertiary/aromatic N) is 1. The van der Waals surface area contributed by atoms with Crippen molar-refractivity contribution in [1.29, 1.82) is 0 Å². The standard InChI is InChI=1S/C17H15F4N3O5/c1-28-15-7-11(24(26)27)3-4-12(15)23-16(25)8-22-13-6-10(18)2-5-14(13)29-9-17(19,20)21/h2-7,22H,8-9H2,1H3,(H,23,25). The Bertz CT molecular complexity index is 905. The third-order valence-corrected chi connectivity index (χ3v) is 3.44. The molecule has 0 saturated heterocycles. The van der Waals surface area contributed by atoms with Gasteiger partial charge in [-0.3, -0.25) is 14.9 Å². The largest absolute Gasteiger partial charge is 0.494 e. The highest BCUT2D eigenvalue weighted by molar-refractivity contribution is 5.95. The van der Waals surface area contributed by atoms with Crippen molar-refractivity contribution in [2.75, 3.05) is 30.9 Å². The van der Waals surface area contributed by atoms with Crippen LogP contribution in [0.3, 0.4) is 0 Å². The van der Waals surface area contributed by atoms with Crippen LogP contribution in [-0.4, -0.2) is 37.3 Å². The summed E-state index contributed by atoms with van der Waals surface area (Å²) in [6.07, 6.45) is -4.59. The molecule has 0 radical (unpaired) electrons. The van der Waals surface area contributed by atoms with Gasteiger partial charge >= 0.3 is 6.18 Å². The van der Waals surface area contributed by atoms with Crippen molar-refractivity contribution < 1.29 is 36.8 Å². The van der Waals surface area contributed by atoms with E-state index in [2.05, 4.69) is 15.4 Å². The van der Waals surface area contributed by atoms with E-state index in [1.807, 2.05) is 0 Å². The summed E-state index contributed by atoms with van der Waals surface area (Å²) in [7, 11) is 1.25. The maximum atomic E-state index is 13.4. The maximum absolute atomic E-state index is 13.4. The molecule has 0 saturated carbocycles. The fourth-order valence-electron chi connectivity index (χ4n) is 2.19. The van der Waals surface area contributed by atoms with E-state index >= 15 is 0 Å². The number of nitro benzene ring substituents is 1. The molecule has 0 fully saturated rings. The van der Waals surface area contributed by atoms with E-state index in [0.29, 0.717) is 0 Å². The first-order valence-corrected chi connectivity index (χ1v) is 7.94. The number of nitrogens with one attached hydrogen (secondary N) is 2. The van der Waals surface area contributed by atoms with Gasteiger partial charge in [0.25, 0.3) is 5.69 Å². The Labute approximate surface area is 161 Å². The number of ether oxygens (including phenoxy) is 2. The Balaban J connectivity index is 2.06. The Morgan fingerprint density at radius 3 is 2.48 bits per heavy atom. The van der Waals surface area contributed by atoms with Crippen molar-refractivity contribution in [2.45, 2.75) is 6.18 Å². The number of non-ortho nitro benzene ring substituents is 1. The Morgan fingerprint density at radius 2 is 1.86 bits per heavy atom. The number of amides is 1. The van der Waals surface area contributed by atoms with Crippen molar-refractivity contribution in [3.63, 3.8) is 0 Å². The van der Waals surface area contributed by atoms with Gasteiger partial charge in [0.2, 0.25) is 5.91 Å². The summed E-state index contributed by atoms with van der Waals surface area (Å²) >= 11 is 0. The highest BCUT2D eigenvalue weighted by Crippen LogP contribution is 2.30. The molecular weight excluding hydrogens is 402 g/mol. The molecule has 12 heteroatoms. The minimum absolute atomic E-state index is 0.0347. The molecule has 0 aliphatic heterocycles. The molecule has 8 nitrogen and oxygen atoms in total. The zero-order chi connectivity index (χ0) is 21.6. The van der Waals surface area contributed by atoms with Crippen LogP contribution in [0.5, 0.6) is 11.5 Å². The van der Waals surface area contributed by atoms with Crippen molar-refractivity contribution in [1.82, 2.24) is 0 Å². The molecule has 0 atom stereocenters. The van der Waals surface area contributed by atoms with E-state index < -0.39 is 36.0 Å². The predicted molar refractivity (Wildman–Crippen MR) is 94.7 cm³/mol. The number of anilines is 2. The number of hydrogen-bond acceptors (Lipinski definition) is 6. The van der Waals surface area contributed by atoms with Crippen LogP contribution >= 0.6 is 0 Å². The smallest absolute Gasteiger partial charge is 0.422 e. The van der Waals surface area contributed by atoms with Crippen LogP contribution in [-0.2, 0) is 4.79 Å². The molecule has 2 rings (SSSR count). The Hall–Kier alpha value is -3.57. The van der Waals surface area contributed by atoms with E-state index in [0.717, 1.165) is 30.3 Å². The van der Waals surface area contributed by atoms with Crippen LogP contribution in [0.25, 0.3) is 0 Å². The first kappa shape index (κ1) is 21.7. The van der Waals surface area contributed by atoms with Crippen LogP contribution in [0.15, 0.2) is 36.4 Å². The van der Waals surface area contributed by atoms with Crippen LogP contribution in [0.1, 0.15) is 0 Å². The van der Waals surface area contributed by atoms with E-state index in [-0.39, 0.29) is 28.6 Å². The number of rotatable bonds is 8. The number of alkyl halides is 3. The first-order valence-electron chi connectivity index (χ1n) is 7.94. The van der Waals surface area contributed by atoms with Gasteiger partial charge in [0.05, 0.1) is 36.0 Å². The van der Waals surface area contributed by atoms with Gasteiger partial charge in [-0.05, 0) is 18.2 Å². The van der Waals surface area contributed by atoms with Crippen molar-refractivity contribution in [3.8, 4) is 11.5 Å². The highest BCUT2D eigenvalue weighted by atomic mass is 19.4. The molecule has 0 bridgehead atoms. The minimum Gasteiger partial charge on any atom is -0.494 e. The number of hydrogen-bond donors (Lipinski definition) is 2. The third kappa shape index (κ3) is 6.52. The van der Waals surface area contributed by atoms with Gasteiger partial charge in [0, 0.05) is 12.1 Å².